The van der Waals surface area contributed by atoms with E-state index in [0.29, 0.717) is 6.61 Å². The number of hydrogen-bond donors (Lipinski definition) is 2. The van der Waals surface area contributed by atoms with Crippen molar-refractivity contribution in [2.24, 2.45) is 0 Å². The third kappa shape index (κ3) is 4.81. The number of aromatic nitrogens is 2. The Hall–Kier alpha value is -4.17. The number of anilines is 2. The maximum Gasteiger partial charge on any atom is 0.330 e. The summed E-state index contributed by atoms with van der Waals surface area (Å²) in [5.74, 6) is -0.333. The van der Waals surface area contributed by atoms with E-state index in [0.717, 1.165) is 34.7 Å². The van der Waals surface area contributed by atoms with Crippen LogP contribution < -0.4 is 21.9 Å². The number of amides is 1. The van der Waals surface area contributed by atoms with E-state index in [1.165, 1.54) is 9.47 Å². The Morgan fingerprint density at radius 2 is 1.78 bits per heavy atom. The standard InChI is InChI=1S/C28H28N4O4/c29-26-25(27(34)30-28(35)32(26)17-19-8-2-1-3-9-19)31(18-22-13-7-15-36-22)24(33)16-21-12-6-11-20-10-4-5-14-23(20)21/h1-6,8-12,14,22H,7,13,15-18,29H2,(H,30,34,35)/t22-/m1/s1. The van der Waals surface area contributed by atoms with E-state index in [4.69, 9.17) is 10.5 Å². The molecule has 1 atom stereocenters. The zero-order valence-electron chi connectivity index (χ0n) is 19.9. The fraction of sp³-hybridized carbons (Fsp3) is 0.250. The van der Waals surface area contributed by atoms with Gasteiger partial charge in [-0.1, -0.05) is 72.8 Å². The van der Waals surface area contributed by atoms with Crippen LogP contribution in [-0.4, -0.2) is 34.7 Å². The first-order valence-corrected chi connectivity index (χ1v) is 12.1. The van der Waals surface area contributed by atoms with E-state index >= 15 is 0 Å². The fourth-order valence-corrected chi connectivity index (χ4v) is 4.78. The quantitative estimate of drug-likeness (QED) is 0.419. The molecule has 1 aromatic heterocycles. The minimum absolute atomic E-state index is 0.0220. The average Bonchev–Trinajstić information content (AvgIpc) is 3.40. The highest BCUT2D eigenvalue weighted by atomic mass is 16.5. The van der Waals surface area contributed by atoms with E-state index in [2.05, 4.69) is 4.98 Å². The Bertz CT molecular complexity index is 1500. The monoisotopic (exact) mass is 484 g/mol. The summed E-state index contributed by atoms with van der Waals surface area (Å²) in [6.07, 6.45) is 1.52. The van der Waals surface area contributed by atoms with Crippen molar-refractivity contribution in [2.75, 3.05) is 23.8 Å². The molecule has 4 aromatic rings. The predicted octanol–water partition coefficient (Wildman–Crippen LogP) is 3.08. The molecule has 0 unspecified atom stereocenters. The molecule has 0 spiro atoms. The molecule has 36 heavy (non-hydrogen) atoms. The molecule has 1 aliphatic rings. The number of rotatable bonds is 7. The van der Waals surface area contributed by atoms with Crippen LogP contribution in [0.4, 0.5) is 11.5 Å². The molecule has 184 valence electrons. The van der Waals surface area contributed by atoms with Gasteiger partial charge in [0.15, 0.2) is 5.69 Å². The molecule has 8 heteroatoms. The zero-order valence-corrected chi connectivity index (χ0v) is 19.9. The SMILES string of the molecule is Nc1c(N(C[C@H]2CCCO2)C(=O)Cc2cccc3ccccc23)c(=O)[nH]c(=O)n1Cc1ccccc1. The summed E-state index contributed by atoms with van der Waals surface area (Å²) in [5.41, 5.74) is 6.80. The molecule has 0 radical (unpaired) electrons. The Morgan fingerprint density at radius 3 is 2.56 bits per heavy atom. The van der Waals surface area contributed by atoms with Crippen molar-refractivity contribution in [2.45, 2.75) is 31.9 Å². The van der Waals surface area contributed by atoms with Crippen LogP contribution in [0, 0.1) is 0 Å². The highest BCUT2D eigenvalue weighted by Crippen LogP contribution is 2.24. The number of benzene rings is 3. The van der Waals surface area contributed by atoms with E-state index in [1.807, 2.05) is 72.8 Å². The van der Waals surface area contributed by atoms with Crippen LogP contribution in [0.5, 0.6) is 0 Å². The maximum atomic E-state index is 13.8. The summed E-state index contributed by atoms with van der Waals surface area (Å²) in [7, 11) is 0. The van der Waals surface area contributed by atoms with Gasteiger partial charge in [-0.05, 0) is 34.7 Å². The van der Waals surface area contributed by atoms with Crippen LogP contribution in [-0.2, 0) is 22.5 Å². The van der Waals surface area contributed by atoms with Crippen LogP contribution >= 0.6 is 0 Å². The van der Waals surface area contributed by atoms with E-state index in [1.54, 1.807) is 0 Å². The number of nitrogen functional groups attached to an aromatic ring is 1. The number of hydrogen-bond acceptors (Lipinski definition) is 5. The Kier molecular flexibility index (Phi) is 6.69. The van der Waals surface area contributed by atoms with Crippen molar-refractivity contribution in [1.29, 1.82) is 0 Å². The lowest BCUT2D eigenvalue weighted by molar-refractivity contribution is -0.118. The highest BCUT2D eigenvalue weighted by Gasteiger charge is 2.29. The van der Waals surface area contributed by atoms with Crippen LogP contribution in [0.3, 0.4) is 0 Å². The normalized spacial score (nSPS) is 15.3. The third-order valence-electron chi connectivity index (χ3n) is 6.60. The second kappa shape index (κ2) is 10.2. The molecule has 3 N–H and O–H groups in total. The predicted molar refractivity (Wildman–Crippen MR) is 140 cm³/mol. The second-order valence-electron chi connectivity index (χ2n) is 9.02. The molecule has 5 rings (SSSR count). The lowest BCUT2D eigenvalue weighted by Crippen LogP contribution is -2.44. The molecule has 0 saturated carbocycles. The molecule has 0 bridgehead atoms. The number of H-pyrrole nitrogens is 1. The number of fused-ring (bicyclic) bond motifs is 1. The topological polar surface area (TPSA) is 110 Å². The summed E-state index contributed by atoms with van der Waals surface area (Å²) in [6, 6.07) is 23.0. The number of nitrogens with one attached hydrogen (secondary N) is 1. The van der Waals surface area contributed by atoms with Gasteiger partial charge in [0.25, 0.3) is 5.56 Å². The van der Waals surface area contributed by atoms with Gasteiger partial charge in [-0.25, -0.2) is 4.79 Å². The van der Waals surface area contributed by atoms with Gasteiger partial charge in [-0.2, -0.15) is 0 Å². The number of nitrogens with two attached hydrogens (primary N) is 1. The lowest BCUT2D eigenvalue weighted by atomic mass is 10.0. The molecule has 1 aliphatic heterocycles. The van der Waals surface area contributed by atoms with Crippen molar-refractivity contribution >= 4 is 28.2 Å². The summed E-state index contributed by atoms with van der Waals surface area (Å²) in [6.45, 7) is 0.955. The molecule has 1 amide bonds. The number of ether oxygens (including phenoxy) is 1. The van der Waals surface area contributed by atoms with Gasteiger partial charge in [0.2, 0.25) is 5.91 Å². The smallest absolute Gasteiger partial charge is 0.330 e. The first-order chi connectivity index (χ1) is 17.5. The second-order valence-corrected chi connectivity index (χ2v) is 9.02. The first-order valence-electron chi connectivity index (χ1n) is 12.1. The molecule has 0 aliphatic carbocycles. The van der Waals surface area contributed by atoms with Crippen molar-refractivity contribution in [3.63, 3.8) is 0 Å². The molecule has 2 heterocycles. The average molecular weight is 485 g/mol. The number of carbonyl (C=O) groups excluding carboxylic acids is 1. The molecule has 8 nitrogen and oxygen atoms in total. The molecular weight excluding hydrogens is 456 g/mol. The van der Waals surface area contributed by atoms with Crippen molar-refractivity contribution in [1.82, 2.24) is 9.55 Å². The Morgan fingerprint density at radius 1 is 1.03 bits per heavy atom. The minimum Gasteiger partial charge on any atom is -0.383 e. The van der Waals surface area contributed by atoms with Gasteiger partial charge in [0, 0.05) is 6.61 Å². The minimum atomic E-state index is -0.689. The van der Waals surface area contributed by atoms with E-state index in [-0.39, 0.29) is 43.0 Å². The Balaban J connectivity index is 1.55. The van der Waals surface area contributed by atoms with Gasteiger partial charge < -0.3 is 15.4 Å². The van der Waals surface area contributed by atoms with E-state index < -0.39 is 11.2 Å². The third-order valence-corrected chi connectivity index (χ3v) is 6.60. The summed E-state index contributed by atoms with van der Waals surface area (Å²) in [4.78, 5) is 43.3. The van der Waals surface area contributed by atoms with Gasteiger partial charge >= 0.3 is 5.69 Å². The van der Waals surface area contributed by atoms with Crippen LogP contribution in [0.1, 0.15) is 24.0 Å². The molecular formula is C28H28N4O4. The number of aromatic amines is 1. The summed E-state index contributed by atoms with van der Waals surface area (Å²) >= 11 is 0. The van der Waals surface area contributed by atoms with Gasteiger partial charge in [0.1, 0.15) is 5.82 Å². The highest BCUT2D eigenvalue weighted by molar-refractivity contribution is 5.99. The first kappa shape index (κ1) is 23.6. The van der Waals surface area contributed by atoms with Gasteiger partial charge in [-0.15, -0.1) is 0 Å². The van der Waals surface area contributed by atoms with Gasteiger partial charge in [0.05, 0.1) is 25.6 Å². The van der Waals surface area contributed by atoms with Crippen LogP contribution in [0.15, 0.2) is 82.4 Å². The Labute approximate surface area is 207 Å². The molecule has 1 fully saturated rings. The molecule has 3 aromatic carbocycles. The summed E-state index contributed by atoms with van der Waals surface area (Å²) in [5, 5.41) is 2.00. The largest absolute Gasteiger partial charge is 0.383 e. The van der Waals surface area contributed by atoms with E-state index in [9.17, 15) is 14.4 Å². The fourth-order valence-electron chi connectivity index (χ4n) is 4.78. The molecule has 1 saturated heterocycles. The van der Waals surface area contributed by atoms with Crippen molar-refractivity contribution in [3.8, 4) is 0 Å². The number of nitrogens with zero attached hydrogens (tertiary/aromatic N) is 2. The van der Waals surface area contributed by atoms with Crippen LogP contribution in [0.2, 0.25) is 0 Å². The van der Waals surface area contributed by atoms with Crippen molar-refractivity contribution in [3.05, 3.63) is 105 Å². The maximum absolute atomic E-state index is 13.8. The van der Waals surface area contributed by atoms with Crippen LogP contribution in [0.25, 0.3) is 10.8 Å². The lowest BCUT2D eigenvalue weighted by Gasteiger charge is -2.27. The van der Waals surface area contributed by atoms with Crippen molar-refractivity contribution < 1.29 is 9.53 Å². The number of carbonyl (C=O) groups is 1. The van der Waals surface area contributed by atoms with Gasteiger partial charge in [-0.3, -0.25) is 19.1 Å². The zero-order chi connectivity index (χ0) is 25.1. The summed E-state index contributed by atoms with van der Waals surface area (Å²) < 4.78 is 7.08.